The molecule has 0 unspecified atom stereocenters. The number of phenolic OH excluding ortho intramolecular Hbond substituents is 1. The molecule has 1 heterocycles. The van der Waals surface area contributed by atoms with Crippen LogP contribution < -0.4 is 5.32 Å². The van der Waals surface area contributed by atoms with Gasteiger partial charge in [-0.25, -0.2) is 0 Å². The first kappa shape index (κ1) is 12.7. The van der Waals surface area contributed by atoms with E-state index in [2.05, 4.69) is 21.2 Å². The topological polar surface area (TPSA) is 62.5 Å². The molecule has 1 aromatic carbocycles. The Bertz CT molecular complexity index is 551. The SMILES string of the molecule is O=C(NCCc1ccc(Br)o1)c1cccc(O)c1. The summed E-state index contributed by atoms with van der Waals surface area (Å²) in [5, 5.41) is 12.0. The first-order valence-electron chi connectivity index (χ1n) is 5.46. The Morgan fingerprint density at radius 1 is 1.33 bits per heavy atom. The van der Waals surface area contributed by atoms with Crippen LogP contribution >= 0.6 is 15.9 Å². The quantitative estimate of drug-likeness (QED) is 0.913. The van der Waals surface area contributed by atoms with Crippen LogP contribution in [-0.2, 0) is 6.42 Å². The summed E-state index contributed by atoms with van der Waals surface area (Å²) in [6.45, 7) is 0.481. The van der Waals surface area contributed by atoms with E-state index in [1.54, 1.807) is 12.1 Å². The van der Waals surface area contributed by atoms with Crippen molar-refractivity contribution in [2.24, 2.45) is 0 Å². The van der Waals surface area contributed by atoms with Crippen LogP contribution in [0.15, 0.2) is 45.5 Å². The summed E-state index contributed by atoms with van der Waals surface area (Å²) in [6, 6.07) is 9.90. The number of benzene rings is 1. The third kappa shape index (κ3) is 3.37. The Kier molecular flexibility index (Phi) is 4.04. The predicted molar refractivity (Wildman–Crippen MR) is 70.6 cm³/mol. The number of furan rings is 1. The van der Waals surface area contributed by atoms with Crippen LogP contribution in [0.5, 0.6) is 5.75 Å². The zero-order valence-corrected chi connectivity index (χ0v) is 11.1. The molecule has 0 saturated carbocycles. The van der Waals surface area contributed by atoms with Gasteiger partial charge in [0, 0.05) is 18.5 Å². The molecule has 0 atom stereocenters. The van der Waals surface area contributed by atoms with Crippen molar-refractivity contribution >= 4 is 21.8 Å². The van der Waals surface area contributed by atoms with Gasteiger partial charge in [-0.05, 0) is 46.3 Å². The lowest BCUT2D eigenvalue weighted by Crippen LogP contribution is -2.25. The van der Waals surface area contributed by atoms with E-state index in [9.17, 15) is 9.90 Å². The number of nitrogens with one attached hydrogen (secondary N) is 1. The van der Waals surface area contributed by atoms with E-state index in [-0.39, 0.29) is 11.7 Å². The molecule has 2 aromatic rings. The van der Waals surface area contributed by atoms with Crippen molar-refractivity contribution in [3.05, 3.63) is 52.4 Å². The van der Waals surface area contributed by atoms with Gasteiger partial charge < -0.3 is 14.8 Å². The van der Waals surface area contributed by atoms with Crippen LogP contribution in [0.25, 0.3) is 0 Å². The zero-order chi connectivity index (χ0) is 13.0. The van der Waals surface area contributed by atoms with Crippen LogP contribution in [-0.4, -0.2) is 17.6 Å². The van der Waals surface area contributed by atoms with E-state index in [0.717, 1.165) is 5.76 Å². The molecule has 2 N–H and O–H groups in total. The summed E-state index contributed by atoms with van der Waals surface area (Å²) in [6.07, 6.45) is 0.621. The van der Waals surface area contributed by atoms with Gasteiger partial charge in [-0.15, -0.1) is 0 Å². The lowest BCUT2D eigenvalue weighted by atomic mass is 10.2. The summed E-state index contributed by atoms with van der Waals surface area (Å²) in [4.78, 5) is 11.7. The lowest BCUT2D eigenvalue weighted by Gasteiger charge is -2.04. The van der Waals surface area contributed by atoms with Gasteiger partial charge in [0.2, 0.25) is 0 Å². The molecule has 1 aromatic heterocycles. The molecule has 0 fully saturated rings. The molecule has 0 bridgehead atoms. The number of carbonyl (C=O) groups is 1. The van der Waals surface area contributed by atoms with Gasteiger partial charge in [-0.1, -0.05) is 6.07 Å². The fourth-order valence-electron chi connectivity index (χ4n) is 1.53. The van der Waals surface area contributed by atoms with Gasteiger partial charge in [-0.2, -0.15) is 0 Å². The molecule has 5 heteroatoms. The summed E-state index contributed by atoms with van der Waals surface area (Å²) in [5.41, 5.74) is 0.440. The van der Waals surface area contributed by atoms with Crippen LogP contribution in [0.2, 0.25) is 0 Å². The third-order valence-corrected chi connectivity index (χ3v) is 2.82. The Hall–Kier alpha value is -1.75. The van der Waals surface area contributed by atoms with Crippen molar-refractivity contribution < 1.29 is 14.3 Å². The van der Waals surface area contributed by atoms with Crippen molar-refractivity contribution in [2.45, 2.75) is 6.42 Å². The highest BCUT2D eigenvalue weighted by atomic mass is 79.9. The van der Waals surface area contributed by atoms with Crippen molar-refractivity contribution in [1.82, 2.24) is 5.32 Å². The highest BCUT2D eigenvalue weighted by Crippen LogP contribution is 2.14. The standard InChI is InChI=1S/C13H12BrNO3/c14-12-5-4-11(18-12)6-7-15-13(17)9-2-1-3-10(16)8-9/h1-5,8,16H,6-7H2,(H,15,17). The second-order valence-electron chi connectivity index (χ2n) is 3.76. The maximum atomic E-state index is 11.7. The van der Waals surface area contributed by atoms with E-state index < -0.39 is 0 Å². The molecule has 18 heavy (non-hydrogen) atoms. The second-order valence-corrected chi connectivity index (χ2v) is 4.54. The lowest BCUT2D eigenvalue weighted by molar-refractivity contribution is 0.0953. The minimum Gasteiger partial charge on any atom is -0.508 e. The molecule has 94 valence electrons. The molecule has 2 rings (SSSR count). The Balaban J connectivity index is 1.85. The average Bonchev–Trinajstić information content (AvgIpc) is 2.75. The van der Waals surface area contributed by atoms with Crippen LogP contribution in [0.3, 0.4) is 0 Å². The largest absolute Gasteiger partial charge is 0.508 e. The number of hydrogen-bond donors (Lipinski definition) is 2. The van der Waals surface area contributed by atoms with Crippen molar-refractivity contribution in [3.8, 4) is 5.75 Å². The van der Waals surface area contributed by atoms with Gasteiger partial charge in [0.05, 0.1) is 0 Å². The van der Waals surface area contributed by atoms with E-state index >= 15 is 0 Å². The second kappa shape index (κ2) is 5.73. The van der Waals surface area contributed by atoms with Gasteiger partial charge >= 0.3 is 0 Å². The predicted octanol–water partition coefficient (Wildman–Crippen LogP) is 2.72. The summed E-state index contributed by atoms with van der Waals surface area (Å²) in [7, 11) is 0. The molecule has 0 spiro atoms. The van der Waals surface area contributed by atoms with Gasteiger partial charge in [-0.3, -0.25) is 4.79 Å². The molecule has 0 aliphatic carbocycles. The van der Waals surface area contributed by atoms with Crippen molar-refractivity contribution in [3.63, 3.8) is 0 Å². The number of aromatic hydroxyl groups is 1. The van der Waals surface area contributed by atoms with Gasteiger partial charge in [0.25, 0.3) is 5.91 Å². The fraction of sp³-hybridized carbons (Fsp3) is 0.154. The Morgan fingerprint density at radius 2 is 2.17 bits per heavy atom. The molecule has 0 radical (unpaired) electrons. The van der Waals surface area contributed by atoms with Gasteiger partial charge in [0.15, 0.2) is 4.67 Å². The molecule has 1 amide bonds. The van der Waals surface area contributed by atoms with Crippen LogP contribution in [0, 0.1) is 0 Å². The zero-order valence-electron chi connectivity index (χ0n) is 9.52. The smallest absolute Gasteiger partial charge is 0.251 e. The molecule has 0 aliphatic rings. The minimum atomic E-state index is -0.212. The van der Waals surface area contributed by atoms with Crippen molar-refractivity contribution in [2.75, 3.05) is 6.54 Å². The number of amides is 1. The van der Waals surface area contributed by atoms with Crippen LogP contribution in [0.4, 0.5) is 0 Å². The number of phenols is 1. The molecular weight excluding hydrogens is 298 g/mol. The fourth-order valence-corrected chi connectivity index (χ4v) is 1.87. The van der Waals surface area contributed by atoms with Crippen LogP contribution in [0.1, 0.15) is 16.1 Å². The highest BCUT2D eigenvalue weighted by molar-refractivity contribution is 9.10. The number of carbonyl (C=O) groups excluding carboxylic acids is 1. The number of rotatable bonds is 4. The first-order valence-corrected chi connectivity index (χ1v) is 6.26. The average molecular weight is 310 g/mol. The monoisotopic (exact) mass is 309 g/mol. The maximum Gasteiger partial charge on any atom is 0.251 e. The van der Waals surface area contributed by atoms with E-state index in [1.807, 2.05) is 12.1 Å². The Labute approximate surface area is 113 Å². The normalized spacial score (nSPS) is 10.3. The summed E-state index contributed by atoms with van der Waals surface area (Å²) in [5.74, 6) is 0.673. The minimum absolute atomic E-state index is 0.0811. The van der Waals surface area contributed by atoms with Crippen molar-refractivity contribution in [1.29, 1.82) is 0 Å². The van der Waals surface area contributed by atoms with E-state index in [4.69, 9.17) is 4.42 Å². The number of hydrogen-bond acceptors (Lipinski definition) is 3. The van der Waals surface area contributed by atoms with E-state index in [1.165, 1.54) is 12.1 Å². The highest BCUT2D eigenvalue weighted by Gasteiger charge is 2.06. The van der Waals surface area contributed by atoms with E-state index in [0.29, 0.717) is 23.2 Å². The third-order valence-electron chi connectivity index (χ3n) is 2.39. The molecule has 4 nitrogen and oxygen atoms in total. The van der Waals surface area contributed by atoms with Gasteiger partial charge in [0.1, 0.15) is 11.5 Å². The molecule has 0 saturated heterocycles. The number of halogens is 1. The Morgan fingerprint density at radius 3 is 2.83 bits per heavy atom. The molecule has 0 aliphatic heterocycles. The molecular formula is C13H12BrNO3. The maximum absolute atomic E-state index is 11.7. The first-order chi connectivity index (χ1) is 8.65. The summed E-state index contributed by atoms with van der Waals surface area (Å²) >= 11 is 3.22. The summed E-state index contributed by atoms with van der Waals surface area (Å²) < 4.78 is 5.99.